The Bertz CT molecular complexity index is 1130. The third kappa shape index (κ3) is 4.90. The molecule has 3 nitrogen and oxygen atoms in total. The second kappa shape index (κ2) is 9.15. The molecule has 2 aromatic carbocycles. The van der Waals surface area contributed by atoms with Crippen molar-refractivity contribution in [1.29, 1.82) is 0 Å². The molecule has 34 heavy (non-hydrogen) atoms. The van der Waals surface area contributed by atoms with Gasteiger partial charge in [0.1, 0.15) is 0 Å². The molecule has 0 bridgehead atoms. The van der Waals surface area contributed by atoms with Gasteiger partial charge in [-0.2, -0.15) is 0 Å². The Labute approximate surface area is 197 Å². The predicted molar refractivity (Wildman–Crippen MR) is 114 cm³/mol. The van der Waals surface area contributed by atoms with Crippen LogP contribution in [0.4, 0.5) is 39.5 Å². The van der Waals surface area contributed by atoms with Crippen molar-refractivity contribution in [3.63, 3.8) is 0 Å². The maximum atomic E-state index is 14.3. The number of hydrogen-bond acceptors (Lipinski definition) is 3. The van der Waals surface area contributed by atoms with Gasteiger partial charge in [-0.3, -0.25) is 0 Å². The average Bonchev–Trinajstić information content (AvgIpc) is 2.69. The van der Waals surface area contributed by atoms with Crippen LogP contribution in [-0.4, -0.2) is 31.7 Å². The molecule has 0 radical (unpaired) electrons. The monoisotopic (exact) mass is 636 g/mol. The van der Waals surface area contributed by atoms with E-state index in [1.54, 1.807) is 27.7 Å². The van der Waals surface area contributed by atoms with E-state index in [4.69, 9.17) is 0 Å². The van der Waals surface area contributed by atoms with Gasteiger partial charge in [-0.1, -0.05) is 0 Å². The van der Waals surface area contributed by atoms with Crippen LogP contribution in [0.1, 0.15) is 22.3 Å². The second-order valence-corrected chi connectivity index (χ2v) is 13.9. The molecule has 0 unspecified atom stereocenters. The number of alkyl halides is 9. The summed E-state index contributed by atoms with van der Waals surface area (Å²) in [6.07, 6.45) is -7.16. The minimum atomic E-state index is -7.36. The first-order valence-corrected chi connectivity index (χ1v) is 13.6. The summed E-state index contributed by atoms with van der Waals surface area (Å²) in [7, 11) is -7.00. The SMILES string of the molecule is Cc1ccc(I(OS(=O)(=O)C(F)(F)C(F)(F)C(F)(F)C(F)(F)F)c2ccc(C)c(C)c2)cc1C. The zero-order chi connectivity index (χ0) is 26.5. The normalized spacial score (nSPS) is 14.3. The van der Waals surface area contributed by atoms with Gasteiger partial charge in [0, 0.05) is 0 Å². The van der Waals surface area contributed by atoms with Crippen LogP contribution in [0.5, 0.6) is 0 Å². The predicted octanol–water partition coefficient (Wildman–Crippen LogP) is 7.15. The van der Waals surface area contributed by atoms with Gasteiger partial charge in [-0.05, 0) is 0 Å². The third-order valence-electron chi connectivity index (χ3n) is 4.91. The molecule has 0 amide bonds. The topological polar surface area (TPSA) is 43.4 Å². The molecule has 14 heteroatoms. The molecule has 0 heterocycles. The van der Waals surface area contributed by atoms with Crippen molar-refractivity contribution in [3.05, 3.63) is 65.8 Å². The number of hydrogen-bond donors (Lipinski definition) is 0. The van der Waals surface area contributed by atoms with Gasteiger partial charge in [0.05, 0.1) is 0 Å². The summed E-state index contributed by atoms with van der Waals surface area (Å²) < 4.78 is 149. The molecule has 0 atom stereocenters. The van der Waals surface area contributed by atoms with Gasteiger partial charge in [0.15, 0.2) is 0 Å². The number of rotatable bonds is 7. The van der Waals surface area contributed by atoms with Crippen molar-refractivity contribution >= 4 is 30.4 Å². The fourth-order valence-corrected chi connectivity index (χ4v) is 9.87. The van der Waals surface area contributed by atoms with Crippen LogP contribution >= 0.6 is 20.2 Å². The number of halogens is 10. The van der Waals surface area contributed by atoms with Crippen LogP contribution in [0.2, 0.25) is 0 Å². The number of benzene rings is 2. The van der Waals surface area contributed by atoms with Crippen molar-refractivity contribution in [2.24, 2.45) is 0 Å². The molecule has 0 fully saturated rings. The quantitative estimate of drug-likeness (QED) is 0.240. The fourth-order valence-electron chi connectivity index (χ4n) is 2.46. The van der Waals surface area contributed by atoms with E-state index in [0.717, 1.165) is 0 Å². The van der Waals surface area contributed by atoms with Crippen molar-refractivity contribution in [2.45, 2.75) is 51.0 Å². The van der Waals surface area contributed by atoms with Gasteiger partial charge in [0.2, 0.25) is 0 Å². The van der Waals surface area contributed by atoms with Crippen LogP contribution in [0.3, 0.4) is 0 Å². The van der Waals surface area contributed by atoms with E-state index < -0.39 is 53.6 Å². The molecular formula is C20H18F9IO3S. The number of aryl methyl sites for hydroxylation is 4. The Morgan fingerprint density at radius 2 is 1.03 bits per heavy atom. The molecule has 0 N–H and O–H groups in total. The summed E-state index contributed by atoms with van der Waals surface area (Å²) in [5, 5.41) is -6.91. The maximum absolute atomic E-state index is 14.3. The molecule has 0 aliphatic heterocycles. The minimum absolute atomic E-state index is 0.0147. The van der Waals surface area contributed by atoms with Crippen molar-refractivity contribution in [3.8, 4) is 0 Å². The van der Waals surface area contributed by atoms with Crippen LogP contribution in [-0.2, 0) is 12.6 Å². The molecule has 2 aromatic rings. The zero-order valence-electron chi connectivity index (χ0n) is 17.9. The molecular weight excluding hydrogens is 618 g/mol. The van der Waals surface area contributed by atoms with E-state index in [9.17, 15) is 47.9 Å². The van der Waals surface area contributed by atoms with Gasteiger partial charge >= 0.3 is 198 Å². The van der Waals surface area contributed by atoms with Gasteiger partial charge in [-0.15, -0.1) is 0 Å². The summed E-state index contributed by atoms with van der Waals surface area (Å²) >= 11 is -4.10. The van der Waals surface area contributed by atoms with Crippen LogP contribution in [0, 0.1) is 34.8 Å². The Morgan fingerprint density at radius 3 is 1.35 bits per heavy atom. The summed E-state index contributed by atoms with van der Waals surface area (Å²) in [6.45, 7) is 6.49. The van der Waals surface area contributed by atoms with E-state index in [2.05, 4.69) is 2.51 Å². The van der Waals surface area contributed by atoms with E-state index in [1.165, 1.54) is 36.4 Å². The second-order valence-electron chi connectivity index (χ2n) is 7.39. The van der Waals surface area contributed by atoms with Crippen LogP contribution in [0.25, 0.3) is 0 Å². The Morgan fingerprint density at radius 1 is 0.647 bits per heavy atom. The third-order valence-corrected chi connectivity index (χ3v) is 12.2. The average molecular weight is 636 g/mol. The Balaban J connectivity index is 2.67. The summed E-state index contributed by atoms with van der Waals surface area (Å²) in [4.78, 5) is 0. The van der Waals surface area contributed by atoms with Gasteiger partial charge in [0.25, 0.3) is 0 Å². The molecule has 2 rings (SSSR count). The van der Waals surface area contributed by atoms with Crippen molar-refractivity contribution in [1.82, 2.24) is 0 Å². The fraction of sp³-hybridized carbons (Fsp3) is 0.400. The molecule has 0 aliphatic rings. The molecule has 0 aliphatic carbocycles. The first kappa shape index (κ1) is 28.7. The van der Waals surface area contributed by atoms with Crippen LogP contribution < -0.4 is 0 Å². The van der Waals surface area contributed by atoms with E-state index in [-0.39, 0.29) is 7.14 Å². The van der Waals surface area contributed by atoms with E-state index >= 15 is 0 Å². The van der Waals surface area contributed by atoms with Gasteiger partial charge < -0.3 is 0 Å². The first-order valence-electron chi connectivity index (χ1n) is 9.16. The van der Waals surface area contributed by atoms with Crippen molar-refractivity contribution < 1.29 is 50.4 Å². The van der Waals surface area contributed by atoms with E-state index in [1.807, 2.05) is 0 Å². The molecule has 192 valence electrons. The van der Waals surface area contributed by atoms with Crippen LogP contribution in [0.15, 0.2) is 36.4 Å². The summed E-state index contributed by atoms with van der Waals surface area (Å²) in [6, 6.07) is 8.22. The molecule has 0 spiro atoms. The summed E-state index contributed by atoms with van der Waals surface area (Å²) in [5.74, 6) is -14.7. The van der Waals surface area contributed by atoms with E-state index in [0.29, 0.717) is 22.3 Å². The standard InChI is InChI=1S/C20H18F9IO3S/c1-11-5-7-15(9-13(11)3)30(16-8-6-12(2)14(4)10-16)33-34(31,32)20(28,29)18(23,24)17(21,22)19(25,26)27/h5-10H,1-4H3. The van der Waals surface area contributed by atoms with Gasteiger partial charge in [-0.25, -0.2) is 0 Å². The Hall–Kier alpha value is -1.55. The molecule has 0 saturated heterocycles. The first-order chi connectivity index (χ1) is 15.2. The van der Waals surface area contributed by atoms with Crippen molar-refractivity contribution in [2.75, 3.05) is 0 Å². The molecule has 0 aromatic heterocycles. The zero-order valence-corrected chi connectivity index (χ0v) is 20.9. The molecule has 0 saturated carbocycles. The Kier molecular flexibility index (Phi) is 7.72. The summed E-state index contributed by atoms with van der Waals surface area (Å²) in [5.41, 5.74) is 2.49.